The second-order valence-corrected chi connectivity index (χ2v) is 11.6. The van der Waals surface area contributed by atoms with Gasteiger partial charge in [0, 0.05) is 16.9 Å². The van der Waals surface area contributed by atoms with Gasteiger partial charge in [-0.05, 0) is 28.4 Å². The van der Waals surface area contributed by atoms with Crippen molar-refractivity contribution in [2.24, 2.45) is 0 Å². The zero-order valence-corrected chi connectivity index (χ0v) is 15.1. The van der Waals surface area contributed by atoms with Crippen LogP contribution in [-0.2, 0) is 0 Å². The standard InChI is InChI=1S/C16H21BrN2Si/c1-12(2)20(13(3)4,16-18-10-7-11-19-16)15-9-6-5-8-14(15)17/h5-13H,1-4H3. The van der Waals surface area contributed by atoms with E-state index in [1.54, 1.807) is 0 Å². The number of aromatic nitrogens is 2. The molecule has 2 aromatic rings. The Hall–Kier alpha value is -1.00. The highest BCUT2D eigenvalue weighted by Crippen LogP contribution is 2.32. The van der Waals surface area contributed by atoms with Crippen molar-refractivity contribution in [1.29, 1.82) is 0 Å². The number of halogens is 1. The van der Waals surface area contributed by atoms with Gasteiger partial charge in [0.2, 0.25) is 0 Å². The highest BCUT2D eigenvalue weighted by molar-refractivity contribution is 9.10. The minimum absolute atomic E-state index is 0.531. The molecule has 20 heavy (non-hydrogen) atoms. The third kappa shape index (κ3) is 2.47. The van der Waals surface area contributed by atoms with E-state index in [9.17, 15) is 0 Å². The topological polar surface area (TPSA) is 25.8 Å². The Morgan fingerprint density at radius 2 is 1.45 bits per heavy atom. The molecule has 0 unspecified atom stereocenters. The van der Waals surface area contributed by atoms with E-state index < -0.39 is 8.07 Å². The molecule has 0 amide bonds. The van der Waals surface area contributed by atoms with Crippen molar-refractivity contribution in [2.75, 3.05) is 0 Å². The Kier molecular flexibility index (Phi) is 4.76. The summed E-state index contributed by atoms with van der Waals surface area (Å²) < 4.78 is 1.18. The van der Waals surface area contributed by atoms with E-state index in [1.807, 2.05) is 18.5 Å². The molecule has 0 aliphatic carbocycles. The number of hydrogen-bond donors (Lipinski definition) is 0. The quantitative estimate of drug-likeness (QED) is 0.788. The predicted octanol–water partition coefficient (Wildman–Crippen LogP) is 3.62. The van der Waals surface area contributed by atoms with Crippen LogP contribution in [0.25, 0.3) is 0 Å². The summed E-state index contributed by atoms with van der Waals surface area (Å²) in [6.07, 6.45) is 3.73. The summed E-state index contributed by atoms with van der Waals surface area (Å²) in [5, 5.41) is 1.40. The first kappa shape index (κ1) is 15.4. The molecular weight excluding hydrogens is 328 g/mol. The van der Waals surface area contributed by atoms with Gasteiger partial charge in [-0.2, -0.15) is 0 Å². The smallest absolute Gasteiger partial charge is 0.171 e. The fraction of sp³-hybridized carbons (Fsp3) is 0.375. The van der Waals surface area contributed by atoms with Crippen molar-refractivity contribution < 1.29 is 0 Å². The van der Waals surface area contributed by atoms with E-state index in [0.717, 1.165) is 5.45 Å². The maximum atomic E-state index is 4.64. The van der Waals surface area contributed by atoms with Crippen molar-refractivity contribution in [3.05, 3.63) is 47.2 Å². The average Bonchev–Trinajstić information content (AvgIpc) is 2.42. The molecule has 0 bridgehead atoms. The summed E-state index contributed by atoms with van der Waals surface area (Å²) in [5.74, 6) is 0. The van der Waals surface area contributed by atoms with E-state index in [2.05, 4.69) is 77.9 Å². The van der Waals surface area contributed by atoms with Crippen LogP contribution >= 0.6 is 15.9 Å². The van der Waals surface area contributed by atoms with Gasteiger partial charge in [-0.1, -0.05) is 61.8 Å². The Balaban J connectivity index is 2.76. The Labute approximate surface area is 130 Å². The SMILES string of the molecule is CC(C)[Si](c1ncccn1)(c1ccccc1Br)C(C)C. The van der Waals surface area contributed by atoms with Gasteiger partial charge in [-0.25, -0.2) is 9.97 Å². The molecule has 0 radical (unpaired) electrons. The lowest BCUT2D eigenvalue weighted by Gasteiger charge is -2.38. The molecule has 0 atom stereocenters. The van der Waals surface area contributed by atoms with Gasteiger partial charge in [0.05, 0.1) is 0 Å². The predicted molar refractivity (Wildman–Crippen MR) is 91.4 cm³/mol. The zero-order valence-electron chi connectivity index (χ0n) is 12.5. The van der Waals surface area contributed by atoms with Gasteiger partial charge in [-0.3, -0.25) is 0 Å². The van der Waals surface area contributed by atoms with Gasteiger partial charge in [0.15, 0.2) is 8.07 Å². The van der Waals surface area contributed by atoms with Crippen LogP contribution < -0.4 is 10.6 Å². The van der Waals surface area contributed by atoms with Crippen LogP contribution in [0.3, 0.4) is 0 Å². The molecule has 1 aromatic heterocycles. The largest absolute Gasteiger partial charge is 0.246 e. The van der Waals surface area contributed by atoms with E-state index in [4.69, 9.17) is 0 Å². The lowest BCUT2D eigenvalue weighted by molar-refractivity contribution is 0.915. The monoisotopic (exact) mass is 348 g/mol. The Morgan fingerprint density at radius 1 is 0.900 bits per heavy atom. The average molecular weight is 349 g/mol. The molecule has 0 saturated heterocycles. The first-order chi connectivity index (χ1) is 9.51. The van der Waals surface area contributed by atoms with Crippen LogP contribution in [0.1, 0.15) is 27.7 Å². The Bertz CT molecular complexity index is 562. The van der Waals surface area contributed by atoms with E-state index in [1.165, 1.54) is 9.66 Å². The third-order valence-electron chi connectivity index (χ3n) is 4.08. The number of nitrogens with zero attached hydrogens (tertiary/aromatic N) is 2. The fourth-order valence-corrected chi connectivity index (χ4v) is 9.78. The van der Waals surface area contributed by atoms with Crippen molar-refractivity contribution in [3.8, 4) is 0 Å². The molecule has 0 N–H and O–H groups in total. The summed E-state index contributed by atoms with van der Waals surface area (Å²) in [6.45, 7) is 9.23. The number of hydrogen-bond acceptors (Lipinski definition) is 2. The van der Waals surface area contributed by atoms with Crippen molar-refractivity contribution in [3.63, 3.8) is 0 Å². The maximum absolute atomic E-state index is 4.64. The summed E-state index contributed by atoms with van der Waals surface area (Å²) >= 11 is 3.75. The molecule has 0 spiro atoms. The van der Waals surface area contributed by atoms with Crippen molar-refractivity contribution in [2.45, 2.75) is 38.8 Å². The van der Waals surface area contributed by atoms with Crippen LogP contribution in [0.4, 0.5) is 0 Å². The lowest BCUT2D eigenvalue weighted by atomic mass is 10.4. The second-order valence-electron chi connectivity index (χ2n) is 5.73. The highest BCUT2D eigenvalue weighted by Gasteiger charge is 2.47. The summed E-state index contributed by atoms with van der Waals surface area (Å²) in [4.78, 5) is 9.28. The molecule has 4 heteroatoms. The molecule has 2 rings (SSSR count). The first-order valence-electron chi connectivity index (χ1n) is 7.03. The second kappa shape index (κ2) is 6.18. The molecular formula is C16H21BrN2Si. The Morgan fingerprint density at radius 3 is 1.95 bits per heavy atom. The van der Waals surface area contributed by atoms with Crippen LogP contribution in [0.2, 0.25) is 11.1 Å². The zero-order chi connectivity index (χ0) is 14.8. The summed E-state index contributed by atoms with van der Waals surface area (Å²) in [7, 11) is -2.02. The molecule has 1 aromatic carbocycles. The minimum Gasteiger partial charge on any atom is -0.246 e. The van der Waals surface area contributed by atoms with Gasteiger partial charge < -0.3 is 0 Å². The summed E-state index contributed by atoms with van der Waals surface area (Å²) in [5.41, 5.74) is 2.10. The number of rotatable bonds is 4. The molecule has 106 valence electrons. The highest BCUT2D eigenvalue weighted by atomic mass is 79.9. The maximum Gasteiger partial charge on any atom is 0.171 e. The van der Waals surface area contributed by atoms with E-state index in [0.29, 0.717) is 11.1 Å². The molecule has 0 aliphatic heterocycles. The van der Waals surface area contributed by atoms with E-state index >= 15 is 0 Å². The molecule has 0 saturated carbocycles. The molecule has 1 heterocycles. The molecule has 0 aliphatic rings. The van der Waals surface area contributed by atoms with Gasteiger partial charge in [0.25, 0.3) is 0 Å². The van der Waals surface area contributed by atoms with Crippen molar-refractivity contribution in [1.82, 2.24) is 9.97 Å². The minimum atomic E-state index is -2.02. The molecule has 0 fully saturated rings. The first-order valence-corrected chi connectivity index (χ1v) is 9.98. The normalized spacial score (nSPS) is 12.2. The fourth-order valence-electron chi connectivity index (χ4n) is 3.23. The number of benzene rings is 1. The van der Waals surface area contributed by atoms with Crippen molar-refractivity contribution >= 4 is 34.6 Å². The van der Waals surface area contributed by atoms with Gasteiger partial charge >= 0.3 is 0 Å². The van der Waals surface area contributed by atoms with Crippen LogP contribution in [0, 0.1) is 0 Å². The lowest BCUT2D eigenvalue weighted by Crippen LogP contribution is -2.65. The van der Waals surface area contributed by atoms with Gasteiger partial charge in [-0.15, -0.1) is 0 Å². The van der Waals surface area contributed by atoms with Crippen LogP contribution in [0.15, 0.2) is 47.2 Å². The summed E-state index contributed by atoms with van der Waals surface area (Å²) in [6, 6.07) is 10.5. The third-order valence-corrected chi connectivity index (χ3v) is 11.1. The van der Waals surface area contributed by atoms with Crippen LogP contribution in [-0.4, -0.2) is 18.0 Å². The molecule has 2 nitrogen and oxygen atoms in total. The van der Waals surface area contributed by atoms with Gasteiger partial charge in [0.1, 0.15) is 5.45 Å². The van der Waals surface area contributed by atoms with Crippen LogP contribution in [0.5, 0.6) is 0 Å². The van der Waals surface area contributed by atoms with E-state index in [-0.39, 0.29) is 0 Å².